The van der Waals surface area contributed by atoms with Crippen LogP contribution < -0.4 is 5.32 Å². The van der Waals surface area contributed by atoms with Crippen LogP contribution in [-0.4, -0.2) is 41.0 Å². The molecular weight excluding hydrogens is 416 g/mol. The molecule has 1 unspecified atom stereocenters. The highest BCUT2D eigenvalue weighted by Gasteiger charge is 2.34. The summed E-state index contributed by atoms with van der Waals surface area (Å²) in [5.74, 6) is -2.22. The summed E-state index contributed by atoms with van der Waals surface area (Å²) < 4.78 is 51.9. The first kappa shape index (κ1) is 22.7. The van der Waals surface area contributed by atoms with Crippen molar-refractivity contribution in [3.05, 3.63) is 64.0 Å². The molecule has 2 N–H and O–H groups in total. The normalized spacial score (nSPS) is 14.9. The number of amides is 2. The Balaban J connectivity index is 1.81. The Kier molecular flexibility index (Phi) is 6.35. The van der Waals surface area contributed by atoms with E-state index in [1.54, 1.807) is 30.9 Å². The summed E-state index contributed by atoms with van der Waals surface area (Å²) in [6, 6.07) is 5.41. The summed E-state index contributed by atoms with van der Waals surface area (Å²) in [4.78, 5) is 26.9. The van der Waals surface area contributed by atoms with Crippen molar-refractivity contribution in [2.24, 2.45) is 0 Å². The molecule has 2 aromatic carbocycles. The van der Waals surface area contributed by atoms with Gasteiger partial charge in [0.25, 0.3) is 5.91 Å². The topological polar surface area (TPSA) is 69.6 Å². The number of alkyl halides is 3. The van der Waals surface area contributed by atoms with E-state index in [1.165, 1.54) is 0 Å². The van der Waals surface area contributed by atoms with Gasteiger partial charge in [-0.3, -0.25) is 9.59 Å². The molecule has 1 heterocycles. The van der Waals surface area contributed by atoms with Crippen LogP contribution in [0.5, 0.6) is 0 Å². The molecule has 0 aromatic heterocycles. The summed E-state index contributed by atoms with van der Waals surface area (Å²) in [5, 5.41) is 12.1. The highest BCUT2D eigenvalue weighted by atomic mass is 19.4. The van der Waals surface area contributed by atoms with Gasteiger partial charge in [0.2, 0.25) is 5.91 Å². The van der Waals surface area contributed by atoms with Crippen LogP contribution in [0.25, 0.3) is 0 Å². The van der Waals surface area contributed by atoms with Gasteiger partial charge in [-0.05, 0) is 55.2 Å². The van der Waals surface area contributed by atoms with Gasteiger partial charge in [0.15, 0.2) is 0 Å². The third kappa shape index (κ3) is 4.71. The summed E-state index contributed by atoms with van der Waals surface area (Å²) in [6.45, 7) is 3.72. The average Bonchev–Trinajstić information content (AvgIpc) is 2.69. The number of carbonyl (C=O) groups is 2. The van der Waals surface area contributed by atoms with Gasteiger partial charge in [-0.2, -0.15) is 13.2 Å². The van der Waals surface area contributed by atoms with E-state index in [4.69, 9.17) is 0 Å². The van der Waals surface area contributed by atoms with Crippen molar-refractivity contribution in [2.75, 3.05) is 18.5 Å². The molecule has 0 spiro atoms. The van der Waals surface area contributed by atoms with E-state index in [9.17, 15) is 32.3 Å². The first-order valence-corrected chi connectivity index (χ1v) is 9.72. The summed E-state index contributed by atoms with van der Waals surface area (Å²) in [6.07, 6.45) is -4.66. The van der Waals surface area contributed by atoms with Gasteiger partial charge in [0.05, 0.1) is 24.6 Å². The Morgan fingerprint density at radius 1 is 1.26 bits per heavy atom. The minimum absolute atomic E-state index is 0.101. The maximum absolute atomic E-state index is 13.8. The van der Waals surface area contributed by atoms with Crippen LogP contribution in [0.1, 0.15) is 39.5 Å². The van der Waals surface area contributed by atoms with Gasteiger partial charge < -0.3 is 15.3 Å². The highest BCUT2D eigenvalue weighted by molar-refractivity contribution is 6.01. The predicted octanol–water partition coefficient (Wildman–Crippen LogP) is 3.71. The lowest BCUT2D eigenvalue weighted by atomic mass is 9.93. The van der Waals surface area contributed by atoms with Crippen molar-refractivity contribution < 1.29 is 32.3 Å². The summed E-state index contributed by atoms with van der Waals surface area (Å²) in [5.41, 5.74) is 1.00. The molecule has 1 aliphatic rings. The predicted molar refractivity (Wildman–Crippen MR) is 106 cm³/mol. The third-order valence-corrected chi connectivity index (χ3v) is 5.38. The summed E-state index contributed by atoms with van der Waals surface area (Å²) >= 11 is 0. The van der Waals surface area contributed by atoms with E-state index < -0.39 is 23.5 Å². The van der Waals surface area contributed by atoms with Crippen molar-refractivity contribution in [3.8, 4) is 0 Å². The second-order valence-electron chi connectivity index (χ2n) is 7.60. The number of aryl methyl sites for hydroxylation is 1. The van der Waals surface area contributed by atoms with Crippen LogP contribution in [-0.2, 0) is 23.8 Å². The fourth-order valence-corrected chi connectivity index (χ4v) is 3.67. The van der Waals surface area contributed by atoms with Gasteiger partial charge in [-0.25, -0.2) is 4.39 Å². The van der Waals surface area contributed by atoms with Crippen LogP contribution in [0.2, 0.25) is 0 Å². The lowest BCUT2D eigenvalue weighted by molar-refractivity contribution is -0.140. The van der Waals surface area contributed by atoms with Crippen LogP contribution >= 0.6 is 0 Å². The quantitative estimate of drug-likeness (QED) is 0.700. The van der Waals surface area contributed by atoms with E-state index in [0.717, 1.165) is 11.6 Å². The maximum atomic E-state index is 13.8. The zero-order valence-electron chi connectivity index (χ0n) is 17.0. The molecular formula is C22H22F4N2O3. The van der Waals surface area contributed by atoms with Crippen molar-refractivity contribution in [2.45, 2.75) is 38.9 Å². The standard InChI is InChI=1S/C22H22F4N2O3/c1-12-3-5-16-15(7-8-28(21(16)31)13(2)11-29)20(12)27-19(30)10-14-4-6-17(18(23)9-14)22(24,25)26/h3-6,9,13,29H,7-8,10-11H2,1-2H3,(H,27,30). The van der Waals surface area contributed by atoms with Crippen molar-refractivity contribution in [3.63, 3.8) is 0 Å². The molecule has 5 nitrogen and oxygen atoms in total. The van der Waals surface area contributed by atoms with Crippen LogP contribution in [0.3, 0.4) is 0 Å². The van der Waals surface area contributed by atoms with Crippen LogP contribution in [0.4, 0.5) is 23.2 Å². The SMILES string of the molecule is Cc1ccc2c(c1NC(=O)Cc1ccc(C(F)(F)F)c(F)c1)CCN(C(C)CO)C2=O. The van der Waals surface area contributed by atoms with Crippen molar-refractivity contribution >= 4 is 17.5 Å². The number of rotatable bonds is 5. The van der Waals surface area contributed by atoms with Gasteiger partial charge in [-0.1, -0.05) is 12.1 Å². The van der Waals surface area contributed by atoms with E-state index >= 15 is 0 Å². The Morgan fingerprint density at radius 2 is 1.97 bits per heavy atom. The fraction of sp³-hybridized carbons (Fsp3) is 0.364. The Hall–Kier alpha value is -2.94. The number of aliphatic hydroxyl groups excluding tert-OH is 1. The molecule has 166 valence electrons. The molecule has 0 fully saturated rings. The second kappa shape index (κ2) is 8.66. The summed E-state index contributed by atoms with van der Waals surface area (Å²) in [7, 11) is 0. The molecule has 1 atom stereocenters. The molecule has 0 bridgehead atoms. The lowest BCUT2D eigenvalue weighted by Crippen LogP contribution is -2.45. The van der Waals surface area contributed by atoms with E-state index in [0.29, 0.717) is 41.9 Å². The number of hydrogen-bond donors (Lipinski definition) is 2. The number of carbonyl (C=O) groups excluding carboxylic acids is 2. The minimum atomic E-state index is -4.81. The number of benzene rings is 2. The number of nitrogens with one attached hydrogen (secondary N) is 1. The molecule has 2 aromatic rings. The Bertz CT molecular complexity index is 1020. The fourth-order valence-electron chi connectivity index (χ4n) is 3.67. The Labute approximate surface area is 176 Å². The monoisotopic (exact) mass is 438 g/mol. The molecule has 9 heteroatoms. The van der Waals surface area contributed by atoms with E-state index in [2.05, 4.69) is 5.32 Å². The zero-order valence-corrected chi connectivity index (χ0v) is 17.0. The van der Waals surface area contributed by atoms with E-state index in [1.807, 2.05) is 0 Å². The van der Waals surface area contributed by atoms with Gasteiger partial charge in [0.1, 0.15) is 5.82 Å². The minimum Gasteiger partial charge on any atom is -0.394 e. The molecule has 3 rings (SSSR count). The highest BCUT2D eigenvalue weighted by Crippen LogP contribution is 2.32. The molecule has 1 aliphatic heterocycles. The smallest absolute Gasteiger partial charge is 0.394 e. The molecule has 0 aliphatic carbocycles. The molecule has 0 saturated heterocycles. The molecule has 2 amide bonds. The second-order valence-corrected chi connectivity index (χ2v) is 7.60. The Morgan fingerprint density at radius 3 is 2.58 bits per heavy atom. The lowest BCUT2D eigenvalue weighted by Gasteiger charge is -2.34. The van der Waals surface area contributed by atoms with Crippen LogP contribution in [0.15, 0.2) is 30.3 Å². The first-order valence-electron chi connectivity index (χ1n) is 9.72. The number of nitrogens with zero attached hydrogens (tertiary/aromatic N) is 1. The largest absolute Gasteiger partial charge is 0.419 e. The van der Waals surface area contributed by atoms with Crippen molar-refractivity contribution in [1.29, 1.82) is 0 Å². The number of hydrogen-bond acceptors (Lipinski definition) is 3. The number of halogens is 4. The number of fused-ring (bicyclic) bond motifs is 1. The third-order valence-electron chi connectivity index (χ3n) is 5.38. The van der Waals surface area contributed by atoms with Crippen LogP contribution in [0, 0.1) is 12.7 Å². The van der Waals surface area contributed by atoms with Gasteiger partial charge >= 0.3 is 6.18 Å². The molecule has 31 heavy (non-hydrogen) atoms. The van der Waals surface area contributed by atoms with Gasteiger partial charge in [0, 0.05) is 17.8 Å². The van der Waals surface area contributed by atoms with Crippen molar-refractivity contribution in [1.82, 2.24) is 4.90 Å². The van der Waals surface area contributed by atoms with Gasteiger partial charge in [-0.15, -0.1) is 0 Å². The van der Waals surface area contributed by atoms with E-state index in [-0.39, 0.29) is 30.5 Å². The maximum Gasteiger partial charge on any atom is 0.419 e. The molecule has 0 radical (unpaired) electrons. The number of aliphatic hydroxyl groups is 1. The number of anilines is 1. The first-order chi connectivity index (χ1) is 14.5. The zero-order chi connectivity index (χ0) is 22.9. The average molecular weight is 438 g/mol. The molecule has 0 saturated carbocycles.